The van der Waals surface area contributed by atoms with E-state index in [9.17, 15) is 19.2 Å². The molecule has 1 aromatic heterocycles. The van der Waals surface area contributed by atoms with Gasteiger partial charge in [-0.3, -0.25) is 9.59 Å². The van der Waals surface area contributed by atoms with Crippen molar-refractivity contribution in [1.29, 1.82) is 5.26 Å². The molecule has 4 N–H and O–H groups in total. The first-order valence-corrected chi connectivity index (χ1v) is 12.3. The second-order valence-electron chi connectivity index (χ2n) is 9.49. The van der Waals surface area contributed by atoms with Gasteiger partial charge in [0, 0.05) is 12.1 Å². The van der Waals surface area contributed by atoms with Gasteiger partial charge in [-0.05, 0) is 95.6 Å². The molecule has 0 spiro atoms. The molecule has 2 atom stereocenters. The number of tetrazole rings is 1. The number of H-pyrrole nitrogens is 1. The minimum Gasteiger partial charge on any atom is -0.366 e. The standard InChI is InChI=1S/C26H27FN8O2/c27-19-6-8-22-17(13-19)4-3-16-12-18(24(29)37)5-7-21(16)26(22,25-31-33-34-32-25)9-10-30-15-23(36)35-11-1-2-20(35)14-28/h5-8,12-13,20,30H,1-4,9-11,15H2,(H2,29,37)(H,31,32,33,34). The fraction of sp³-hybridized carbons (Fsp3) is 0.385. The summed E-state index contributed by atoms with van der Waals surface area (Å²) >= 11 is 0. The highest BCUT2D eigenvalue weighted by Crippen LogP contribution is 2.45. The summed E-state index contributed by atoms with van der Waals surface area (Å²) in [6.07, 6.45) is 3.10. The lowest BCUT2D eigenvalue weighted by Gasteiger charge is -2.34. The number of aromatic nitrogens is 4. The molecule has 190 valence electrons. The fourth-order valence-corrected chi connectivity index (χ4v) is 5.73. The Morgan fingerprint density at radius 2 is 1.97 bits per heavy atom. The Morgan fingerprint density at radius 1 is 1.22 bits per heavy atom. The summed E-state index contributed by atoms with van der Waals surface area (Å²) in [5, 5.41) is 27.4. The Kier molecular flexibility index (Phi) is 6.67. The van der Waals surface area contributed by atoms with Crippen LogP contribution in [0.25, 0.3) is 0 Å². The molecule has 3 aromatic rings. The molecule has 1 aliphatic heterocycles. The van der Waals surface area contributed by atoms with Gasteiger partial charge in [0.1, 0.15) is 11.9 Å². The number of hydrogen-bond acceptors (Lipinski definition) is 7. The maximum atomic E-state index is 14.3. The van der Waals surface area contributed by atoms with Crippen LogP contribution in [0.2, 0.25) is 0 Å². The summed E-state index contributed by atoms with van der Waals surface area (Å²) < 4.78 is 14.3. The first-order chi connectivity index (χ1) is 17.9. The van der Waals surface area contributed by atoms with Gasteiger partial charge in [0.25, 0.3) is 0 Å². The number of halogens is 1. The van der Waals surface area contributed by atoms with Crippen LogP contribution in [0, 0.1) is 17.1 Å². The van der Waals surface area contributed by atoms with Gasteiger partial charge in [-0.15, -0.1) is 5.10 Å². The van der Waals surface area contributed by atoms with E-state index < -0.39 is 11.3 Å². The Morgan fingerprint density at radius 3 is 2.68 bits per heavy atom. The monoisotopic (exact) mass is 502 g/mol. The highest BCUT2D eigenvalue weighted by molar-refractivity contribution is 5.93. The third-order valence-electron chi connectivity index (χ3n) is 7.47. The molecule has 1 fully saturated rings. The van der Waals surface area contributed by atoms with Crippen LogP contribution in [0.4, 0.5) is 4.39 Å². The summed E-state index contributed by atoms with van der Waals surface area (Å²) in [7, 11) is 0. The highest BCUT2D eigenvalue weighted by atomic mass is 19.1. The average Bonchev–Trinajstić information content (AvgIpc) is 3.58. The molecule has 1 saturated heterocycles. The maximum Gasteiger partial charge on any atom is 0.248 e. The van der Waals surface area contributed by atoms with Gasteiger partial charge in [0.05, 0.1) is 18.0 Å². The number of rotatable bonds is 7. The van der Waals surface area contributed by atoms with Crippen molar-refractivity contribution < 1.29 is 14.0 Å². The lowest BCUT2D eigenvalue weighted by molar-refractivity contribution is -0.130. The highest BCUT2D eigenvalue weighted by Gasteiger charge is 2.44. The Balaban J connectivity index is 1.52. The van der Waals surface area contributed by atoms with Crippen molar-refractivity contribution >= 4 is 11.8 Å². The van der Waals surface area contributed by atoms with Gasteiger partial charge >= 0.3 is 0 Å². The topological polar surface area (TPSA) is 154 Å². The van der Waals surface area contributed by atoms with E-state index in [0.717, 1.165) is 28.7 Å². The predicted octanol–water partition coefficient (Wildman–Crippen LogP) is 1.36. The van der Waals surface area contributed by atoms with Crippen LogP contribution in [-0.4, -0.2) is 63.0 Å². The smallest absolute Gasteiger partial charge is 0.248 e. The molecule has 2 heterocycles. The van der Waals surface area contributed by atoms with Gasteiger partial charge in [-0.1, -0.05) is 12.1 Å². The number of carbonyl (C=O) groups is 2. The summed E-state index contributed by atoms with van der Waals surface area (Å²) in [5.74, 6) is -0.504. The molecular weight excluding hydrogens is 475 g/mol. The second kappa shape index (κ2) is 10.1. The molecule has 1 aliphatic carbocycles. The minimum atomic E-state index is -0.895. The fourth-order valence-electron chi connectivity index (χ4n) is 5.73. The lowest BCUT2D eigenvalue weighted by atomic mass is 9.69. The molecule has 37 heavy (non-hydrogen) atoms. The molecule has 0 saturated carbocycles. The number of nitrogens with zero attached hydrogens (tertiary/aromatic N) is 5. The number of primary amides is 1. The molecule has 0 radical (unpaired) electrons. The van der Waals surface area contributed by atoms with Crippen LogP contribution in [0.1, 0.15) is 57.7 Å². The Labute approximate surface area is 213 Å². The minimum absolute atomic E-state index is 0.0899. The van der Waals surface area contributed by atoms with E-state index in [0.29, 0.717) is 50.2 Å². The summed E-state index contributed by atoms with van der Waals surface area (Å²) in [5.41, 5.74) is 8.51. The van der Waals surface area contributed by atoms with E-state index >= 15 is 0 Å². The Hall–Kier alpha value is -4.17. The first kappa shape index (κ1) is 24.5. The van der Waals surface area contributed by atoms with Crippen molar-refractivity contribution in [3.8, 4) is 6.07 Å². The van der Waals surface area contributed by atoms with Crippen molar-refractivity contribution in [3.63, 3.8) is 0 Å². The van der Waals surface area contributed by atoms with Crippen molar-refractivity contribution in [2.75, 3.05) is 19.6 Å². The number of nitrogens with two attached hydrogens (primary N) is 1. The van der Waals surface area contributed by atoms with Crippen LogP contribution in [0.3, 0.4) is 0 Å². The SMILES string of the molecule is N#CC1CCCN1C(=O)CNCCC1(c2nnn[nH]2)c2ccc(F)cc2CCc2cc(C(N)=O)ccc21. The van der Waals surface area contributed by atoms with Crippen LogP contribution < -0.4 is 11.1 Å². The van der Waals surface area contributed by atoms with E-state index in [-0.39, 0.29) is 24.3 Å². The number of nitrogens with one attached hydrogen (secondary N) is 2. The number of carbonyl (C=O) groups excluding carboxylic acids is 2. The van der Waals surface area contributed by atoms with Gasteiger partial charge in [0.15, 0.2) is 5.82 Å². The van der Waals surface area contributed by atoms with E-state index in [4.69, 9.17) is 5.73 Å². The molecule has 2 aliphatic rings. The third-order valence-corrected chi connectivity index (χ3v) is 7.47. The zero-order chi connectivity index (χ0) is 26.0. The van der Waals surface area contributed by atoms with Crippen LogP contribution in [0.15, 0.2) is 36.4 Å². The third kappa shape index (κ3) is 4.44. The molecule has 5 rings (SSSR count). The van der Waals surface area contributed by atoms with Crippen LogP contribution in [-0.2, 0) is 23.1 Å². The lowest BCUT2D eigenvalue weighted by Crippen LogP contribution is -2.42. The van der Waals surface area contributed by atoms with Gasteiger partial charge in [-0.25, -0.2) is 9.49 Å². The average molecular weight is 503 g/mol. The molecule has 10 nitrogen and oxygen atoms in total. The van der Waals surface area contributed by atoms with Crippen molar-refractivity contribution in [2.24, 2.45) is 5.73 Å². The number of aromatic amines is 1. The number of aryl methyl sites for hydroxylation is 2. The van der Waals surface area contributed by atoms with Crippen molar-refractivity contribution in [2.45, 2.75) is 43.6 Å². The number of fused-ring (bicyclic) bond motifs is 2. The van der Waals surface area contributed by atoms with E-state index in [1.54, 1.807) is 23.1 Å². The summed E-state index contributed by atoms with van der Waals surface area (Å²) in [6, 6.07) is 11.9. The van der Waals surface area contributed by atoms with Gasteiger partial charge in [0.2, 0.25) is 11.8 Å². The number of likely N-dealkylation sites (tertiary alicyclic amines) is 1. The molecular formula is C26H27FN8O2. The number of hydrogen-bond donors (Lipinski definition) is 3. The number of amides is 2. The van der Waals surface area contributed by atoms with Crippen LogP contribution in [0.5, 0.6) is 0 Å². The zero-order valence-electron chi connectivity index (χ0n) is 20.2. The predicted molar refractivity (Wildman–Crippen MR) is 131 cm³/mol. The first-order valence-electron chi connectivity index (χ1n) is 12.3. The van der Waals surface area contributed by atoms with Gasteiger partial charge in [-0.2, -0.15) is 5.26 Å². The van der Waals surface area contributed by atoms with Crippen LogP contribution >= 0.6 is 0 Å². The van der Waals surface area contributed by atoms with E-state index in [1.807, 2.05) is 6.07 Å². The molecule has 2 amide bonds. The molecule has 2 unspecified atom stereocenters. The maximum absolute atomic E-state index is 14.3. The normalized spacial score (nSPS) is 20.5. The van der Waals surface area contributed by atoms with E-state index in [1.165, 1.54) is 12.1 Å². The second-order valence-corrected chi connectivity index (χ2v) is 9.49. The van der Waals surface area contributed by atoms with Gasteiger partial charge < -0.3 is 16.0 Å². The molecule has 2 aromatic carbocycles. The van der Waals surface area contributed by atoms with Crippen molar-refractivity contribution in [1.82, 2.24) is 30.8 Å². The zero-order valence-corrected chi connectivity index (χ0v) is 20.2. The molecule has 0 bridgehead atoms. The Bertz CT molecular complexity index is 1370. The number of nitriles is 1. The number of benzene rings is 2. The van der Waals surface area contributed by atoms with E-state index in [2.05, 4.69) is 32.0 Å². The quantitative estimate of drug-likeness (QED) is 0.412. The largest absolute Gasteiger partial charge is 0.366 e. The summed E-state index contributed by atoms with van der Waals surface area (Å²) in [4.78, 5) is 26.3. The van der Waals surface area contributed by atoms with Crippen molar-refractivity contribution in [3.05, 3.63) is 75.9 Å². The summed E-state index contributed by atoms with van der Waals surface area (Å²) in [6.45, 7) is 1.08. The molecule has 11 heteroatoms.